The number of thioether (sulfide) groups is 1. The molecule has 0 radical (unpaired) electrons. The molecule has 0 atom stereocenters. The van der Waals surface area contributed by atoms with Gasteiger partial charge in [-0.2, -0.15) is 0 Å². The Bertz CT molecular complexity index is 1230. The molecule has 0 unspecified atom stereocenters. The zero-order valence-corrected chi connectivity index (χ0v) is 20.3. The van der Waals surface area contributed by atoms with Gasteiger partial charge in [-0.15, -0.1) is 23.1 Å². The van der Waals surface area contributed by atoms with Crippen molar-refractivity contribution in [3.8, 4) is 0 Å². The highest BCUT2D eigenvalue weighted by molar-refractivity contribution is 8.02. The zero-order chi connectivity index (χ0) is 21.8. The molecule has 31 heavy (non-hydrogen) atoms. The summed E-state index contributed by atoms with van der Waals surface area (Å²) in [6.45, 7) is 8.81. The Hall–Kier alpha value is -2.29. The average molecular weight is 443 g/mol. The predicted octanol–water partition coefficient (Wildman–Crippen LogP) is 7.18. The first kappa shape index (κ1) is 21.9. The summed E-state index contributed by atoms with van der Waals surface area (Å²) in [6.07, 6.45) is 31.6. The van der Waals surface area contributed by atoms with E-state index in [-0.39, 0.29) is 0 Å². The molecule has 3 aliphatic carbocycles. The van der Waals surface area contributed by atoms with E-state index in [0.717, 1.165) is 31.3 Å². The summed E-state index contributed by atoms with van der Waals surface area (Å²) in [5.41, 5.74) is 7.84. The van der Waals surface area contributed by atoms with Crippen LogP contribution in [0.4, 0.5) is 0 Å². The van der Waals surface area contributed by atoms with Crippen LogP contribution >= 0.6 is 23.1 Å². The van der Waals surface area contributed by atoms with Crippen LogP contribution in [0.5, 0.6) is 0 Å². The van der Waals surface area contributed by atoms with Crippen molar-refractivity contribution in [3.63, 3.8) is 0 Å². The van der Waals surface area contributed by atoms with Gasteiger partial charge in [0.25, 0.3) is 0 Å². The molecule has 0 N–H and O–H groups in total. The molecule has 0 saturated carbocycles. The topological polar surface area (TPSA) is 0 Å². The fourth-order valence-corrected chi connectivity index (χ4v) is 6.31. The van der Waals surface area contributed by atoms with Crippen molar-refractivity contribution < 1.29 is 0 Å². The summed E-state index contributed by atoms with van der Waals surface area (Å²) in [5, 5.41) is 1.36. The lowest BCUT2D eigenvalue weighted by Crippen LogP contribution is -2.21. The summed E-state index contributed by atoms with van der Waals surface area (Å²) in [4.78, 5) is 2.69. The maximum Gasteiger partial charge on any atom is 0.0354 e. The largest absolute Gasteiger partial charge is 0.136 e. The quantitative estimate of drug-likeness (QED) is 0.476. The number of hydrogen-bond acceptors (Lipinski definition) is 2. The minimum Gasteiger partial charge on any atom is -0.136 e. The van der Waals surface area contributed by atoms with E-state index in [2.05, 4.69) is 93.5 Å². The van der Waals surface area contributed by atoms with Crippen molar-refractivity contribution in [3.05, 3.63) is 108 Å². The summed E-state index contributed by atoms with van der Waals surface area (Å²) in [7, 11) is 0. The van der Waals surface area contributed by atoms with E-state index in [1.807, 2.05) is 23.1 Å². The third-order valence-electron chi connectivity index (χ3n) is 5.92. The SMILES string of the molecule is C=C(/C=c1/sc2c(/c1=C/C)CC=CC(C)=C2)C1=CC=C(C2=CCCC=C2)CC=C1SC. The Morgan fingerprint density at radius 3 is 2.71 bits per heavy atom. The van der Waals surface area contributed by atoms with Crippen LogP contribution in [-0.4, -0.2) is 6.26 Å². The lowest BCUT2D eigenvalue weighted by Gasteiger charge is -2.09. The minimum atomic E-state index is 0.970. The fraction of sp³-hybridized carbons (Fsp3) is 0.241. The number of allylic oxidation sites excluding steroid dienone is 13. The molecule has 158 valence electrons. The summed E-state index contributed by atoms with van der Waals surface area (Å²) < 4.78 is 1.31. The second-order valence-corrected chi connectivity index (χ2v) is 10.00. The molecule has 0 nitrogen and oxygen atoms in total. The molecule has 0 bridgehead atoms. The predicted molar refractivity (Wildman–Crippen MR) is 143 cm³/mol. The van der Waals surface area contributed by atoms with Gasteiger partial charge < -0.3 is 0 Å². The Morgan fingerprint density at radius 1 is 1.10 bits per heavy atom. The third kappa shape index (κ3) is 4.81. The molecule has 0 spiro atoms. The van der Waals surface area contributed by atoms with Crippen LogP contribution in [0.3, 0.4) is 0 Å². The van der Waals surface area contributed by atoms with Gasteiger partial charge in [-0.1, -0.05) is 66.8 Å². The smallest absolute Gasteiger partial charge is 0.0354 e. The minimum absolute atomic E-state index is 0.970. The second-order valence-electron chi connectivity index (χ2n) is 8.06. The molecule has 0 amide bonds. The lowest BCUT2D eigenvalue weighted by atomic mass is 9.97. The lowest BCUT2D eigenvalue weighted by molar-refractivity contribution is 1.01. The first-order valence-electron chi connectivity index (χ1n) is 11.0. The molecule has 1 heterocycles. The number of rotatable bonds is 4. The normalized spacial score (nSPS) is 19.6. The highest BCUT2D eigenvalue weighted by atomic mass is 32.2. The van der Waals surface area contributed by atoms with Crippen LogP contribution in [0, 0.1) is 0 Å². The number of thiophene rings is 1. The van der Waals surface area contributed by atoms with E-state index in [0.29, 0.717) is 0 Å². The zero-order valence-electron chi connectivity index (χ0n) is 18.7. The highest BCUT2D eigenvalue weighted by Crippen LogP contribution is 2.33. The van der Waals surface area contributed by atoms with Gasteiger partial charge in [0, 0.05) is 14.3 Å². The first-order valence-corrected chi connectivity index (χ1v) is 13.0. The summed E-state index contributed by atoms with van der Waals surface area (Å²) in [6, 6.07) is 0. The molecular formula is C29H30S2. The van der Waals surface area contributed by atoms with E-state index < -0.39 is 0 Å². The molecule has 1 aromatic heterocycles. The second kappa shape index (κ2) is 9.89. The number of hydrogen-bond donors (Lipinski definition) is 0. The van der Waals surface area contributed by atoms with Gasteiger partial charge in [0.1, 0.15) is 0 Å². The van der Waals surface area contributed by atoms with Crippen molar-refractivity contribution in [2.24, 2.45) is 0 Å². The van der Waals surface area contributed by atoms with Crippen molar-refractivity contribution in [2.75, 3.05) is 6.26 Å². The van der Waals surface area contributed by atoms with Crippen LogP contribution in [-0.2, 0) is 6.42 Å². The maximum absolute atomic E-state index is 4.49. The van der Waals surface area contributed by atoms with E-state index in [1.165, 1.54) is 47.4 Å². The molecule has 3 aliphatic rings. The summed E-state index contributed by atoms with van der Waals surface area (Å²) >= 11 is 3.70. The Kier molecular flexibility index (Phi) is 6.99. The fourth-order valence-electron chi connectivity index (χ4n) is 4.29. The Balaban J connectivity index is 1.75. The number of fused-ring (bicyclic) bond motifs is 1. The molecule has 0 saturated heterocycles. The Morgan fingerprint density at radius 2 is 1.97 bits per heavy atom. The molecule has 0 fully saturated rings. The molecule has 0 aromatic carbocycles. The highest BCUT2D eigenvalue weighted by Gasteiger charge is 2.14. The van der Waals surface area contributed by atoms with Crippen molar-refractivity contribution in [1.82, 2.24) is 0 Å². The standard InChI is InChI=1S/C29H30S2/c1-5-24-26-13-9-10-20(2)18-28(26)31-29(24)19-21(3)25-16-14-23(15-17-27(25)30-4)22-11-7-6-8-12-22/h5,7,9-12,14,16-19H,3,6,8,13,15H2,1-2,4H3/b24-5-,29-19+. The van der Waals surface area contributed by atoms with Gasteiger partial charge in [-0.3, -0.25) is 0 Å². The summed E-state index contributed by atoms with van der Waals surface area (Å²) in [5.74, 6) is 0. The first-order chi connectivity index (χ1) is 15.1. The molecule has 1 aromatic rings. The molecule has 4 rings (SSSR count). The monoisotopic (exact) mass is 442 g/mol. The van der Waals surface area contributed by atoms with Gasteiger partial charge in [-0.05, 0) is 91.0 Å². The molecular weight excluding hydrogens is 412 g/mol. The van der Waals surface area contributed by atoms with Gasteiger partial charge in [0.05, 0.1) is 0 Å². The van der Waals surface area contributed by atoms with Gasteiger partial charge in [-0.25, -0.2) is 0 Å². The van der Waals surface area contributed by atoms with Crippen molar-refractivity contribution in [2.45, 2.75) is 39.5 Å². The third-order valence-corrected chi connectivity index (χ3v) is 7.89. The van der Waals surface area contributed by atoms with Crippen LogP contribution in [0.15, 0.2) is 88.0 Å². The Labute approximate surface area is 194 Å². The van der Waals surface area contributed by atoms with Gasteiger partial charge in [0.15, 0.2) is 0 Å². The van der Waals surface area contributed by atoms with E-state index >= 15 is 0 Å². The average Bonchev–Trinajstić information content (AvgIpc) is 2.93. The van der Waals surface area contributed by atoms with Crippen LogP contribution in [0.1, 0.15) is 43.6 Å². The van der Waals surface area contributed by atoms with Crippen molar-refractivity contribution >= 4 is 41.3 Å². The van der Waals surface area contributed by atoms with E-state index in [9.17, 15) is 0 Å². The maximum atomic E-state index is 4.49. The van der Waals surface area contributed by atoms with E-state index in [1.54, 1.807) is 0 Å². The molecule has 0 aliphatic heterocycles. The van der Waals surface area contributed by atoms with Gasteiger partial charge >= 0.3 is 0 Å². The van der Waals surface area contributed by atoms with Crippen LogP contribution < -0.4 is 9.75 Å². The van der Waals surface area contributed by atoms with Crippen LogP contribution in [0.25, 0.3) is 18.2 Å². The van der Waals surface area contributed by atoms with E-state index in [4.69, 9.17) is 0 Å². The van der Waals surface area contributed by atoms with Crippen molar-refractivity contribution in [1.29, 1.82) is 0 Å². The molecule has 2 heteroatoms. The van der Waals surface area contributed by atoms with Gasteiger partial charge in [0.2, 0.25) is 0 Å². The van der Waals surface area contributed by atoms with Crippen LogP contribution in [0.2, 0.25) is 0 Å².